The summed E-state index contributed by atoms with van der Waals surface area (Å²) < 4.78 is 45.3. The standard InChI is InChI=1S/C20H22F3N3O3/c1-12-16(19(28)25(2)3)24-17(29-12)13-8-10-26(11-9-13)18(27)14-6-4-5-7-15(14)20(21,22)23/h4-7,13H,8-11H2,1-3H3. The van der Waals surface area contributed by atoms with E-state index in [0.29, 0.717) is 24.5 Å². The molecule has 2 aromatic rings. The first-order valence-electron chi connectivity index (χ1n) is 9.24. The molecule has 2 amide bonds. The maximum absolute atomic E-state index is 13.2. The lowest BCUT2D eigenvalue weighted by Crippen LogP contribution is -2.38. The second-order valence-corrected chi connectivity index (χ2v) is 7.27. The number of nitrogens with zero attached hydrogens (tertiary/aromatic N) is 3. The van der Waals surface area contributed by atoms with Crippen molar-refractivity contribution >= 4 is 11.8 Å². The predicted molar refractivity (Wildman–Crippen MR) is 98.6 cm³/mol. The number of carbonyl (C=O) groups excluding carboxylic acids is 2. The summed E-state index contributed by atoms with van der Waals surface area (Å²) in [6.07, 6.45) is -3.60. The molecule has 0 saturated carbocycles. The van der Waals surface area contributed by atoms with Crippen molar-refractivity contribution in [2.45, 2.75) is 31.9 Å². The zero-order valence-corrected chi connectivity index (χ0v) is 16.4. The van der Waals surface area contributed by atoms with Crippen molar-refractivity contribution in [2.24, 2.45) is 0 Å². The average Bonchev–Trinajstić information content (AvgIpc) is 3.07. The molecule has 1 fully saturated rings. The fourth-order valence-corrected chi connectivity index (χ4v) is 3.42. The lowest BCUT2D eigenvalue weighted by atomic mass is 9.95. The fourth-order valence-electron chi connectivity index (χ4n) is 3.42. The molecule has 2 heterocycles. The lowest BCUT2D eigenvalue weighted by Gasteiger charge is -2.31. The van der Waals surface area contributed by atoms with Crippen LogP contribution in [0.25, 0.3) is 0 Å². The molecule has 0 spiro atoms. The number of halogens is 3. The highest BCUT2D eigenvalue weighted by molar-refractivity contribution is 5.96. The van der Waals surface area contributed by atoms with Gasteiger partial charge in [-0.25, -0.2) is 4.98 Å². The molecule has 156 valence electrons. The van der Waals surface area contributed by atoms with Crippen LogP contribution >= 0.6 is 0 Å². The van der Waals surface area contributed by atoms with E-state index >= 15 is 0 Å². The van der Waals surface area contributed by atoms with Gasteiger partial charge >= 0.3 is 6.18 Å². The molecule has 0 atom stereocenters. The van der Waals surface area contributed by atoms with Crippen LogP contribution in [-0.4, -0.2) is 53.8 Å². The predicted octanol–water partition coefficient (Wildman–Crippen LogP) is 3.72. The summed E-state index contributed by atoms with van der Waals surface area (Å²) in [5.41, 5.74) is -1.02. The van der Waals surface area contributed by atoms with Crippen molar-refractivity contribution in [3.8, 4) is 0 Å². The molecule has 1 aliphatic rings. The lowest BCUT2D eigenvalue weighted by molar-refractivity contribution is -0.138. The van der Waals surface area contributed by atoms with Gasteiger partial charge in [0.05, 0.1) is 11.1 Å². The van der Waals surface area contributed by atoms with Crippen LogP contribution < -0.4 is 0 Å². The minimum atomic E-state index is -4.59. The zero-order valence-electron chi connectivity index (χ0n) is 16.4. The first kappa shape index (κ1) is 20.9. The molecule has 1 aliphatic heterocycles. The van der Waals surface area contributed by atoms with Crippen LogP contribution in [0.3, 0.4) is 0 Å². The van der Waals surface area contributed by atoms with Gasteiger partial charge in [0.1, 0.15) is 5.76 Å². The number of aromatic nitrogens is 1. The van der Waals surface area contributed by atoms with E-state index in [1.54, 1.807) is 21.0 Å². The summed E-state index contributed by atoms with van der Waals surface area (Å²) in [4.78, 5) is 31.9. The number of hydrogen-bond acceptors (Lipinski definition) is 4. The van der Waals surface area contributed by atoms with Gasteiger partial charge in [-0.2, -0.15) is 13.2 Å². The molecule has 0 bridgehead atoms. The van der Waals surface area contributed by atoms with Crippen molar-refractivity contribution in [1.29, 1.82) is 0 Å². The van der Waals surface area contributed by atoms with E-state index in [1.165, 1.54) is 28.0 Å². The Morgan fingerprint density at radius 2 is 1.79 bits per heavy atom. The van der Waals surface area contributed by atoms with Crippen LogP contribution in [0.4, 0.5) is 13.2 Å². The van der Waals surface area contributed by atoms with Crippen molar-refractivity contribution < 1.29 is 27.2 Å². The highest BCUT2D eigenvalue weighted by Gasteiger charge is 2.37. The minimum absolute atomic E-state index is 0.0978. The smallest absolute Gasteiger partial charge is 0.417 e. The van der Waals surface area contributed by atoms with Gasteiger partial charge in [-0.15, -0.1) is 0 Å². The Bertz CT molecular complexity index is 913. The van der Waals surface area contributed by atoms with Gasteiger partial charge in [0.25, 0.3) is 11.8 Å². The molecule has 0 N–H and O–H groups in total. The van der Waals surface area contributed by atoms with E-state index in [4.69, 9.17) is 4.42 Å². The van der Waals surface area contributed by atoms with Crippen LogP contribution in [0.5, 0.6) is 0 Å². The molecule has 0 aliphatic carbocycles. The number of amides is 2. The molecule has 9 heteroatoms. The molecule has 1 aromatic heterocycles. The van der Waals surface area contributed by atoms with Crippen LogP contribution in [0, 0.1) is 6.92 Å². The molecule has 29 heavy (non-hydrogen) atoms. The SMILES string of the molecule is Cc1oc(C2CCN(C(=O)c3ccccc3C(F)(F)F)CC2)nc1C(=O)N(C)C. The van der Waals surface area contributed by atoms with Crippen LogP contribution in [0.1, 0.15) is 56.8 Å². The highest BCUT2D eigenvalue weighted by atomic mass is 19.4. The van der Waals surface area contributed by atoms with Crippen LogP contribution in [0.15, 0.2) is 28.7 Å². The van der Waals surface area contributed by atoms with Crippen LogP contribution in [0.2, 0.25) is 0 Å². The molecule has 1 saturated heterocycles. The molecule has 6 nitrogen and oxygen atoms in total. The number of alkyl halides is 3. The van der Waals surface area contributed by atoms with E-state index in [9.17, 15) is 22.8 Å². The maximum Gasteiger partial charge on any atom is 0.417 e. The zero-order chi connectivity index (χ0) is 21.3. The normalized spacial score (nSPS) is 15.4. The monoisotopic (exact) mass is 409 g/mol. The molecular weight excluding hydrogens is 387 g/mol. The number of oxazole rings is 1. The highest BCUT2D eigenvalue weighted by Crippen LogP contribution is 2.34. The van der Waals surface area contributed by atoms with Crippen molar-refractivity contribution in [2.75, 3.05) is 27.2 Å². The Balaban J connectivity index is 1.71. The largest absolute Gasteiger partial charge is 0.445 e. The van der Waals surface area contributed by atoms with Gasteiger partial charge in [-0.05, 0) is 31.9 Å². The fraction of sp³-hybridized carbons (Fsp3) is 0.450. The van der Waals surface area contributed by atoms with E-state index < -0.39 is 17.6 Å². The van der Waals surface area contributed by atoms with E-state index in [0.717, 1.165) is 6.07 Å². The molecule has 3 rings (SSSR count). The molecular formula is C20H22F3N3O3. The third-order valence-corrected chi connectivity index (χ3v) is 5.02. The molecule has 1 aromatic carbocycles. The van der Waals surface area contributed by atoms with Crippen molar-refractivity contribution in [3.63, 3.8) is 0 Å². The molecule has 0 radical (unpaired) electrons. The van der Waals surface area contributed by atoms with Gasteiger partial charge in [0.2, 0.25) is 0 Å². The summed E-state index contributed by atoms with van der Waals surface area (Å²) in [7, 11) is 3.25. The molecule has 0 unspecified atom stereocenters. The van der Waals surface area contributed by atoms with Gasteiger partial charge in [-0.3, -0.25) is 9.59 Å². The second kappa shape index (κ2) is 7.88. The Kier molecular flexibility index (Phi) is 5.68. The first-order valence-corrected chi connectivity index (χ1v) is 9.24. The quantitative estimate of drug-likeness (QED) is 0.775. The van der Waals surface area contributed by atoms with E-state index in [1.807, 2.05) is 0 Å². The Labute approximate surface area is 166 Å². The van der Waals surface area contributed by atoms with E-state index in [-0.39, 0.29) is 36.2 Å². The Hall–Kier alpha value is -2.84. The number of rotatable bonds is 3. The third-order valence-electron chi connectivity index (χ3n) is 5.02. The number of likely N-dealkylation sites (tertiary alicyclic amines) is 1. The summed E-state index contributed by atoms with van der Waals surface area (Å²) in [5.74, 6) is -0.136. The summed E-state index contributed by atoms with van der Waals surface area (Å²) in [6.45, 7) is 2.24. The van der Waals surface area contributed by atoms with Gasteiger partial charge in [-0.1, -0.05) is 12.1 Å². The third kappa shape index (κ3) is 4.28. The van der Waals surface area contributed by atoms with Crippen molar-refractivity contribution in [3.05, 3.63) is 52.7 Å². The van der Waals surface area contributed by atoms with Crippen molar-refractivity contribution in [1.82, 2.24) is 14.8 Å². The number of aryl methyl sites for hydroxylation is 1. The Morgan fingerprint density at radius 1 is 1.17 bits per heavy atom. The second-order valence-electron chi connectivity index (χ2n) is 7.27. The van der Waals surface area contributed by atoms with Crippen LogP contribution in [-0.2, 0) is 6.18 Å². The minimum Gasteiger partial charge on any atom is -0.445 e. The van der Waals surface area contributed by atoms with Gasteiger partial charge in [0, 0.05) is 33.1 Å². The Morgan fingerprint density at radius 3 is 2.38 bits per heavy atom. The summed E-state index contributed by atoms with van der Waals surface area (Å²) in [6, 6.07) is 4.81. The number of carbonyl (C=O) groups is 2. The summed E-state index contributed by atoms with van der Waals surface area (Å²) in [5, 5.41) is 0. The number of hydrogen-bond donors (Lipinski definition) is 0. The van der Waals surface area contributed by atoms with Gasteiger partial charge in [0.15, 0.2) is 11.6 Å². The maximum atomic E-state index is 13.2. The number of piperidine rings is 1. The van der Waals surface area contributed by atoms with Gasteiger partial charge < -0.3 is 14.2 Å². The topological polar surface area (TPSA) is 66.7 Å². The average molecular weight is 409 g/mol. The van der Waals surface area contributed by atoms with E-state index in [2.05, 4.69) is 4.98 Å². The summed E-state index contributed by atoms with van der Waals surface area (Å²) >= 11 is 0. The first-order chi connectivity index (χ1) is 13.6. The number of benzene rings is 1.